The van der Waals surface area contributed by atoms with Gasteiger partial charge in [-0.3, -0.25) is 19.7 Å². The largest absolute Gasteiger partial charge is 0.514 e. The number of ether oxygens (including phenoxy) is 3. The number of nitro groups is 1. The first kappa shape index (κ1) is 43.3. The summed E-state index contributed by atoms with van der Waals surface area (Å²) in [4.78, 5) is 74.0. The Kier molecular flexibility index (Phi) is 14.7. The minimum atomic E-state index is -2.62. The van der Waals surface area contributed by atoms with E-state index >= 15 is 0 Å². The number of fused-ring (bicyclic) bond motifs is 3. The second kappa shape index (κ2) is 20.0. The van der Waals surface area contributed by atoms with E-state index in [9.17, 15) is 42.8 Å². The molecule has 18 nitrogen and oxygen atoms in total. The molecule has 0 spiro atoms. The molecule has 0 bridgehead atoms. The van der Waals surface area contributed by atoms with Gasteiger partial charge in [-0.25, -0.2) is 18.6 Å². The van der Waals surface area contributed by atoms with Crippen molar-refractivity contribution in [1.82, 2.24) is 16.0 Å². The quantitative estimate of drug-likeness (QED) is 0.0197. The molecule has 0 aromatic heterocycles. The molecule has 1 aliphatic rings. The molecule has 0 fully saturated rings. The smallest absolute Gasteiger partial charge is 0.449 e. The number of benzene rings is 4. The molecular weight excluding hydrogens is 789 g/mol. The average molecular weight is 831 g/mol. The lowest BCUT2D eigenvalue weighted by Crippen LogP contribution is -2.54. The molecule has 19 heteroatoms. The first-order valence-corrected chi connectivity index (χ1v) is 19.4. The van der Waals surface area contributed by atoms with Crippen molar-refractivity contribution in [3.63, 3.8) is 0 Å². The van der Waals surface area contributed by atoms with E-state index < -0.39 is 70.7 Å². The van der Waals surface area contributed by atoms with Gasteiger partial charge in [-0.2, -0.15) is 0 Å². The highest BCUT2D eigenvalue weighted by molar-refractivity contribution is 7.79. The van der Waals surface area contributed by atoms with Crippen LogP contribution in [0.3, 0.4) is 0 Å². The van der Waals surface area contributed by atoms with Gasteiger partial charge in [-0.15, -0.1) is 0 Å². The maximum absolute atomic E-state index is 13.7. The molecule has 4 aromatic rings. The number of hydrogen-bond donors (Lipinski definition) is 6. The SMILES string of the molecule is CC(C)[C@H](NC(=O)OCC1c2ccccc2-c2ccccc21)C(=O)N[C@@H](CCCNC(N)=O)C(=O)Nc1ccc(COC(=O)Oc2ccc([N+](=O)[O-])cc2)c(S(=O)O)c1. The number of alkyl carbamates (subject to hydrolysis) is 1. The van der Waals surface area contributed by atoms with Gasteiger partial charge in [0.05, 0.1) is 9.82 Å². The summed E-state index contributed by atoms with van der Waals surface area (Å²) in [7, 11) is 0. The fourth-order valence-corrected chi connectivity index (χ4v) is 6.97. The lowest BCUT2D eigenvalue weighted by atomic mass is 9.98. The van der Waals surface area contributed by atoms with Crippen molar-refractivity contribution in [3.05, 3.63) is 118 Å². The molecule has 0 aliphatic heterocycles. The van der Waals surface area contributed by atoms with Crippen LogP contribution in [-0.4, -0.2) is 69.0 Å². The van der Waals surface area contributed by atoms with E-state index in [0.717, 1.165) is 34.4 Å². The van der Waals surface area contributed by atoms with E-state index in [1.165, 1.54) is 30.3 Å². The molecule has 0 heterocycles. The Balaban J connectivity index is 1.22. The summed E-state index contributed by atoms with van der Waals surface area (Å²) in [6, 6.07) is 21.1. The number of non-ortho nitro benzene ring substituents is 1. The predicted molar refractivity (Wildman–Crippen MR) is 214 cm³/mol. The lowest BCUT2D eigenvalue weighted by Gasteiger charge is -2.25. The Bertz CT molecular complexity index is 2190. The molecule has 7 N–H and O–H groups in total. The van der Waals surface area contributed by atoms with Gasteiger partial charge in [0, 0.05) is 35.8 Å². The van der Waals surface area contributed by atoms with Crippen molar-refractivity contribution in [2.45, 2.75) is 56.2 Å². The van der Waals surface area contributed by atoms with Crippen LogP contribution in [0.1, 0.15) is 49.3 Å². The van der Waals surface area contributed by atoms with Crippen LogP contribution in [0, 0.1) is 16.0 Å². The van der Waals surface area contributed by atoms with E-state index in [1.54, 1.807) is 13.8 Å². The molecule has 3 atom stereocenters. The predicted octanol–water partition coefficient (Wildman–Crippen LogP) is 5.33. The molecule has 59 heavy (non-hydrogen) atoms. The normalized spacial score (nSPS) is 13.2. The number of amides is 5. The van der Waals surface area contributed by atoms with Crippen LogP contribution in [0.2, 0.25) is 0 Å². The molecule has 4 aromatic carbocycles. The van der Waals surface area contributed by atoms with Gasteiger partial charge < -0.3 is 45.8 Å². The number of nitrogens with one attached hydrogen (secondary N) is 4. The summed E-state index contributed by atoms with van der Waals surface area (Å²) in [6.07, 6.45) is -1.82. The van der Waals surface area contributed by atoms with Gasteiger partial charge in [-0.05, 0) is 65.3 Å². The van der Waals surface area contributed by atoms with E-state index in [1.807, 2.05) is 48.5 Å². The van der Waals surface area contributed by atoms with Gasteiger partial charge in [-0.1, -0.05) is 68.4 Å². The number of urea groups is 1. The summed E-state index contributed by atoms with van der Waals surface area (Å²) >= 11 is -2.62. The van der Waals surface area contributed by atoms with Crippen LogP contribution in [0.15, 0.2) is 95.9 Å². The molecule has 310 valence electrons. The third-order valence-corrected chi connectivity index (χ3v) is 10.0. The Morgan fingerprint density at radius 2 is 1.53 bits per heavy atom. The summed E-state index contributed by atoms with van der Waals surface area (Å²) < 4.78 is 38.0. The molecule has 0 radical (unpaired) electrons. The zero-order chi connectivity index (χ0) is 42.6. The van der Waals surface area contributed by atoms with Gasteiger partial charge in [0.25, 0.3) is 5.69 Å². The number of nitrogens with zero attached hydrogens (tertiary/aromatic N) is 1. The highest BCUT2D eigenvalue weighted by Gasteiger charge is 2.32. The van der Waals surface area contributed by atoms with Gasteiger partial charge in [0.2, 0.25) is 11.8 Å². The molecule has 5 rings (SSSR count). The second-order valence-electron chi connectivity index (χ2n) is 13.6. The lowest BCUT2D eigenvalue weighted by molar-refractivity contribution is -0.384. The maximum atomic E-state index is 13.7. The van der Waals surface area contributed by atoms with Crippen LogP contribution in [0.25, 0.3) is 11.1 Å². The minimum Gasteiger partial charge on any atom is -0.449 e. The summed E-state index contributed by atoms with van der Waals surface area (Å²) in [5.74, 6) is -2.12. The summed E-state index contributed by atoms with van der Waals surface area (Å²) in [6.45, 7) is 2.99. The van der Waals surface area contributed by atoms with E-state index in [4.69, 9.17) is 19.9 Å². The van der Waals surface area contributed by atoms with Gasteiger partial charge in [0.15, 0.2) is 11.1 Å². The van der Waals surface area contributed by atoms with Crippen LogP contribution in [0.4, 0.5) is 25.8 Å². The summed E-state index contributed by atoms with van der Waals surface area (Å²) in [5, 5.41) is 21.2. The van der Waals surface area contributed by atoms with Crippen LogP contribution in [-0.2, 0) is 36.8 Å². The van der Waals surface area contributed by atoms with Crippen molar-refractivity contribution in [3.8, 4) is 16.9 Å². The zero-order valence-corrected chi connectivity index (χ0v) is 32.7. The van der Waals surface area contributed by atoms with E-state index in [0.29, 0.717) is 0 Å². The van der Waals surface area contributed by atoms with Gasteiger partial charge in [0.1, 0.15) is 31.0 Å². The van der Waals surface area contributed by atoms with Crippen LogP contribution < -0.4 is 31.7 Å². The highest BCUT2D eigenvalue weighted by Crippen LogP contribution is 2.44. The number of primary amides is 1. The zero-order valence-electron chi connectivity index (χ0n) is 31.9. The molecule has 1 unspecified atom stereocenters. The van der Waals surface area contributed by atoms with E-state index in [-0.39, 0.29) is 59.5 Å². The van der Waals surface area contributed by atoms with Crippen LogP contribution >= 0.6 is 0 Å². The van der Waals surface area contributed by atoms with Crippen molar-refractivity contribution >= 4 is 52.5 Å². The topological polar surface area (TPSA) is 268 Å². The Morgan fingerprint density at radius 1 is 0.881 bits per heavy atom. The molecule has 5 amide bonds. The number of rotatable bonds is 17. The first-order valence-electron chi connectivity index (χ1n) is 18.3. The Hall–Kier alpha value is -6.86. The molecular formula is C40H42N6O12S. The number of nitro benzene ring substituents is 1. The number of nitrogens with two attached hydrogens (primary N) is 1. The minimum absolute atomic E-state index is 0.00912. The van der Waals surface area contributed by atoms with Crippen molar-refractivity contribution < 1.29 is 51.9 Å². The van der Waals surface area contributed by atoms with Crippen molar-refractivity contribution in [2.24, 2.45) is 11.7 Å². The fraction of sp³-hybridized carbons (Fsp3) is 0.275. The number of hydrogen-bond acceptors (Lipinski definition) is 11. The van der Waals surface area contributed by atoms with Crippen LogP contribution in [0.5, 0.6) is 5.75 Å². The maximum Gasteiger partial charge on any atom is 0.514 e. The summed E-state index contributed by atoms with van der Waals surface area (Å²) in [5.41, 5.74) is 9.23. The highest BCUT2D eigenvalue weighted by atomic mass is 32.2. The third kappa shape index (κ3) is 11.6. The molecule has 0 saturated carbocycles. The number of anilines is 1. The van der Waals surface area contributed by atoms with Crippen molar-refractivity contribution in [2.75, 3.05) is 18.5 Å². The van der Waals surface area contributed by atoms with Gasteiger partial charge >= 0.3 is 18.3 Å². The second-order valence-corrected chi connectivity index (χ2v) is 14.6. The molecule has 1 aliphatic carbocycles. The van der Waals surface area contributed by atoms with Crippen molar-refractivity contribution in [1.29, 1.82) is 0 Å². The standard InChI is InChI=1S/C40H42N6O12S/c1-23(2)35(45-39(50)56-22-32-30-10-5-3-8-28(30)29-9-4-6-11-31(29)32)37(48)44-33(12-7-19-42-38(41)49)36(47)43-25-14-13-24(34(20-25)59(54)55)21-57-40(51)58-27-17-15-26(16-18-27)46(52)53/h3-6,8-11,13-18,20,23,32-33,35H,7,12,19,21-22H2,1-2H3,(H,43,47)(H,44,48)(H,45,50)(H,54,55)(H3,41,42,49)/t33-,35-/m0/s1. The third-order valence-electron chi connectivity index (χ3n) is 9.29. The number of carbonyl (C=O) groups excluding carboxylic acids is 5. The Morgan fingerprint density at radius 3 is 2.12 bits per heavy atom. The average Bonchev–Trinajstić information content (AvgIpc) is 3.52. The fourth-order valence-electron chi connectivity index (χ4n) is 6.39. The van der Waals surface area contributed by atoms with E-state index in [2.05, 4.69) is 21.3 Å². The Labute approximate surface area is 340 Å². The number of carbonyl (C=O) groups is 5. The monoisotopic (exact) mass is 830 g/mol. The first-order chi connectivity index (χ1) is 28.2. The molecule has 0 saturated heterocycles.